The average molecular weight is 271 g/mol. The van der Waals surface area contributed by atoms with E-state index in [1.165, 1.54) is 0 Å². The fraction of sp³-hybridized carbons (Fsp3) is 0.167. The molecule has 4 aromatic rings. The number of fused-ring (bicyclic) bond motifs is 4. The van der Waals surface area contributed by atoms with E-state index in [1.807, 2.05) is 24.3 Å². The van der Waals surface area contributed by atoms with E-state index in [0.29, 0.717) is 16.8 Å². The summed E-state index contributed by atoms with van der Waals surface area (Å²) < 4.78 is 6.30. The molecule has 0 aliphatic heterocycles. The summed E-state index contributed by atoms with van der Waals surface area (Å²) in [6.45, 7) is -0.00448. The third-order valence-corrected chi connectivity index (χ3v) is 3.15. The first-order valence-corrected chi connectivity index (χ1v) is 5.97. The van der Waals surface area contributed by atoms with Gasteiger partial charge in [-0.05, 0) is 16.4 Å². The molecule has 0 aliphatic rings. The molecule has 3 heterocycles. The van der Waals surface area contributed by atoms with Crippen LogP contribution in [0.2, 0.25) is 0 Å². The predicted molar refractivity (Wildman–Crippen MR) is 68.6 cm³/mol. The van der Waals surface area contributed by atoms with Crippen LogP contribution in [0.15, 0.2) is 28.9 Å². The number of benzene rings is 1. The first-order chi connectivity index (χ1) is 9.74. The maximum Gasteiger partial charge on any atom is 0.245 e. The SMILES string of the molecule is OC(O)Cn1c2ccccc2c2nc3nonc3nc21. The quantitative estimate of drug-likeness (QED) is 0.509. The molecule has 3 aromatic heterocycles. The van der Waals surface area contributed by atoms with E-state index in [1.54, 1.807) is 4.57 Å². The third-order valence-electron chi connectivity index (χ3n) is 3.15. The maximum atomic E-state index is 9.26. The second-order valence-corrected chi connectivity index (χ2v) is 4.42. The molecule has 0 atom stereocenters. The molecule has 8 heteroatoms. The minimum Gasteiger partial charge on any atom is -0.367 e. The zero-order valence-corrected chi connectivity index (χ0v) is 10.1. The highest BCUT2D eigenvalue weighted by Gasteiger charge is 2.17. The Morgan fingerprint density at radius 3 is 2.65 bits per heavy atom. The molecule has 8 nitrogen and oxygen atoms in total. The van der Waals surface area contributed by atoms with Gasteiger partial charge in [0.2, 0.25) is 11.3 Å². The smallest absolute Gasteiger partial charge is 0.245 e. The highest BCUT2D eigenvalue weighted by Crippen LogP contribution is 2.27. The van der Waals surface area contributed by atoms with Gasteiger partial charge >= 0.3 is 0 Å². The van der Waals surface area contributed by atoms with Crippen LogP contribution in [-0.4, -0.2) is 41.4 Å². The van der Waals surface area contributed by atoms with Crippen LogP contribution in [0, 0.1) is 0 Å². The number of rotatable bonds is 2. The Morgan fingerprint density at radius 1 is 1.10 bits per heavy atom. The van der Waals surface area contributed by atoms with Crippen LogP contribution >= 0.6 is 0 Å². The minimum atomic E-state index is -1.48. The monoisotopic (exact) mass is 271 g/mol. The standard InChI is InChI=1S/C12H9N5O3/c18-8(19)5-17-7-4-2-1-3-6(7)9-12(17)14-11-10(13-9)15-20-16-11/h1-4,8,18-19H,5H2. The average Bonchev–Trinajstić information content (AvgIpc) is 3.00. The van der Waals surface area contributed by atoms with Crippen molar-refractivity contribution in [3.8, 4) is 0 Å². The number of aliphatic hydroxyl groups is 2. The van der Waals surface area contributed by atoms with Gasteiger partial charge in [0.15, 0.2) is 11.9 Å². The topological polar surface area (TPSA) is 110 Å². The highest BCUT2D eigenvalue weighted by molar-refractivity contribution is 6.05. The molecule has 0 radical (unpaired) electrons. The Kier molecular flexibility index (Phi) is 2.23. The highest BCUT2D eigenvalue weighted by atomic mass is 16.6. The van der Waals surface area contributed by atoms with Gasteiger partial charge in [0.1, 0.15) is 5.52 Å². The summed E-state index contributed by atoms with van der Waals surface area (Å²) in [4.78, 5) is 8.72. The second-order valence-electron chi connectivity index (χ2n) is 4.42. The Hall–Kier alpha value is -2.58. The maximum absolute atomic E-state index is 9.26. The minimum absolute atomic E-state index is 0.00448. The van der Waals surface area contributed by atoms with E-state index >= 15 is 0 Å². The molecular formula is C12H9N5O3. The molecule has 0 amide bonds. The first-order valence-electron chi connectivity index (χ1n) is 5.97. The normalized spacial score (nSPS) is 12.2. The third kappa shape index (κ3) is 1.49. The molecule has 0 saturated heterocycles. The fourth-order valence-electron chi connectivity index (χ4n) is 2.37. The van der Waals surface area contributed by atoms with E-state index in [0.717, 1.165) is 10.9 Å². The molecule has 0 fully saturated rings. The Labute approximate surface area is 111 Å². The van der Waals surface area contributed by atoms with Gasteiger partial charge in [-0.2, -0.15) is 0 Å². The van der Waals surface area contributed by atoms with Crippen molar-refractivity contribution in [2.75, 3.05) is 0 Å². The van der Waals surface area contributed by atoms with E-state index < -0.39 is 6.29 Å². The van der Waals surface area contributed by atoms with E-state index in [-0.39, 0.29) is 12.2 Å². The summed E-state index contributed by atoms with van der Waals surface area (Å²) in [5.41, 5.74) is 2.58. The van der Waals surface area contributed by atoms with Gasteiger partial charge in [0, 0.05) is 5.39 Å². The van der Waals surface area contributed by atoms with Crippen molar-refractivity contribution in [1.29, 1.82) is 0 Å². The molecule has 0 bridgehead atoms. The summed E-state index contributed by atoms with van der Waals surface area (Å²) in [7, 11) is 0. The molecule has 0 aliphatic carbocycles. The van der Waals surface area contributed by atoms with Gasteiger partial charge in [0.25, 0.3) is 0 Å². The molecule has 0 spiro atoms. The fourth-order valence-corrected chi connectivity index (χ4v) is 2.37. The van der Waals surface area contributed by atoms with Gasteiger partial charge in [0.05, 0.1) is 12.1 Å². The second kappa shape index (κ2) is 3.95. The summed E-state index contributed by atoms with van der Waals surface area (Å²) in [5, 5.41) is 26.7. The Morgan fingerprint density at radius 2 is 1.85 bits per heavy atom. The van der Waals surface area contributed by atoms with E-state index in [4.69, 9.17) is 0 Å². The number of para-hydroxylation sites is 1. The van der Waals surface area contributed by atoms with Crippen molar-refractivity contribution in [3.05, 3.63) is 24.3 Å². The van der Waals surface area contributed by atoms with Crippen molar-refractivity contribution < 1.29 is 14.8 Å². The van der Waals surface area contributed by atoms with Crippen molar-refractivity contribution in [3.63, 3.8) is 0 Å². The lowest BCUT2D eigenvalue weighted by atomic mass is 10.2. The number of hydrogen-bond acceptors (Lipinski definition) is 7. The summed E-state index contributed by atoms with van der Waals surface area (Å²) >= 11 is 0. The largest absolute Gasteiger partial charge is 0.367 e. The van der Waals surface area contributed by atoms with Gasteiger partial charge in [-0.3, -0.25) is 0 Å². The van der Waals surface area contributed by atoms with Crippen LogP contribution in [0.4, 0.5) is 0 Å². The summed E-state index contributed by atoms with van der Waals surface area (Å²) in [5.74, 6) is 0. The molecule has 0 unspecified atom stereocenters. The van der Waals surface area contributed by atoms with Crippen LogP contribution in [-0.2, 0) is 6.54 Å². The van der Waals surface area contributed by atoms with Crippen molar-refractivity contribution >= 4 is 33.4 Å². The zero-order valence-electron chi connectivity index (χ0n) is 10.1. The molecule has 0 saturated carbocycles. The zero-order chi connectivity index (χ0) is 13.7. The van der Waals surface area contributed by atoms with Crippen LogP contribution in [0.25, 0.3) is 33.4 Å². The van der Waals surface area contributed by atoms with Crippen molar-refractivity contribution in [2.24, 2.45) is 0 Å². The van der Waals surface area contributed by atoms with Gasteiger partial charge in [-0.25, -0.2) is 14.6 Å². The molecule has 100 valence electrons. The van der Waals surface area contributed by atoms with E-state index in [9.17, 15) is 10.2 Å². The number of nitrogens with zero attached hydrogens (tertiary/aromatic N) is 5. The summed E-state index contributed by atoms with van der Waals surface area (Å²) in [6, 6.07) is 7.52. The van der Waals surface area contributed by atoms with Gasteiger partial charge in [-0.1, -0.05) is 18.2 Å². The van der Waals surface area contributed by atoms with Crippen LogP contribution in [0.5, 0.6) is 0 Å². The molecule has 4 rings (SSSR count). The number of hydrogen-bond donors (Lipinski definition) is 2. The predicted octanol–water partition coefficient (Wildman–Crippen LogP) is 0.431. The van der Waals surface area contributed by atoms with Crippen LogP contribution in [0.3, 0.4) is 0 Å². The van der Waals surface area contributed by atoms with E-state index in [2.05, 4.69) is 24.9 Å². The lowest BCUT2D eigenvalue weighted by Crippen LogP contribution is -2.14. The lowest BCUT2D eigenvalue weighted by molar-refractivity contribution is -0.0498. The lowest BCUT2D eigenvalue weighted by Gasteiger charge is -2.07. The Bertz CT molecular complexity index is 927. The van der Waals surface area contributed by atoms with Gasteiger partial charge < -0.3 is 14.8 Å². The van der Waals surface area contributed by atoms with Crippen molar-refractivity contribution in [2.45, 2.75) is 12.8 Å². The van der Waals surface area contributed by atoms with Crippen molar-refractivity contribution in [1.82, 2.24) is 24.8 Å². The summed E-state index contributed by atoms with van der Waals surface area (Å²) in [6.07, 6.45) is -1.48. The van der Waals surface area contributed by atoms with Crippen LogP contribution < -0.4 is 0 Å². The Balaban J connectivity index is 2.18. The van der Waals surface area contributed by atoms with Crippen LogP contribution in [0.1, 0.15) is 0 Å². The molecule has 2 N–H and O–H groups in total. The van der Waals surface area contributed by atoms with Gasteiger partial charge in [-0.15, -0.1) is 0 Å². The number of aromatic nitrogens is 5. The first kappa shape index (κ1) is 11.3. The number of aliphatic hydroxyl groups excluding tert-OH is 1. The molecule has 1 aromatic carbocycles. The molecule has 20 heavy (non-hydrogen) atoms. The molecular weight excluding hydrogens is 262 g/mol.